The third-order valence-electron chi connectivity index (χ3n) is 2.84. The van der Waals surface area contributed by atoms with E-state index in [1.807, 2.05) is 24.3 Å². The number of benzene rings is 1. The molecule has 102 valence electrons. The van der Waals surface area contributed by atoms with Gasteiger partial charge in [0.2, 0.25) is 0 Å². The first-order chi connectivity index (χ1) is 8.63. The smallest absolute Gasteiger partial charge is 0.0949 e. The van der Waals surface area contributed by atoms with Crippen LogP contribution in [-0.2, 0) is 4.74 Å². The molecule has 1 atom stereocenters. The molecule has 1 unspecified atom stereocenters. The first kappa shape index (κ1) is 15.5. The van der Waals surface area contributed by atoms with Crippen LogP contribution in [0.3, 0.4) is 0 Å². The van der Waals surface area contributed by atoms with E-state index < -0.39 is 0 Å². The molecule has 0 saturated carbocycles. The van der Waals surface area contributed by atoms with Crippen molar-refractivity contribution in [2.24, 2.45) is 5.92 Å². The van der Waals surface area contributed by atoms with Crippen LogP contribution in [0.15, 0.2) is 24.3 Å². The van der Waals surface area contributed by atoms with Gasteiger partial charge in [-0.3, -0.25) is 0 Å². The Morgan fingerprint density at radius 2 is 1.89 bits per heavy atom. The molecule has 1 rings (SSSR count). The molecule has 1 N–H and O–H groups in total. The molecule has 18 heavy (non-hydrogen) atoms. The first-order valence-corrected chi connectivity index (χ1v) is 7.09. The number of ether oxygens (including phenoxy) is 1. The fraction of sp³-hybridized carbons (Fsp3) is 0.600. The van der Waals surface area contributed by atoms with Gasteiger partial charge in [-0.15, -0.1) is 0 Å². The Bertz CT molecular complexity index is 324. The summed E-state index contributed by atoms with van der Waals surface area (Å²) in [5, 5.41) is 4.11. The number of hydrogen-bond acceptors (Lipinski definition) is 2. The van der Waals surface area contributed by atoms with Crippen molar-refractivity contribution >= 4 is 11.6 Å². The van der Waals surface area contributed by atoms with E-state index in [0.29, 0.717) is 5.92 Å². The predicted octanol–water partition coefficient (Wildman–Crippen LogP) is 4.05. The molecule has 0 fully saturated rings. The van der Waals surface area contributed by atoms with E-state index >= 15 is 0 Å². The minimum atomic E-state index is 0.112. The van der Waals surface area contributed by atoms with Gasteiger partial charge in [0.25, 0.3) is 0 Å². The largest absolute Gasteiger partial charge is 0.372 e. The highest BCUT2D eigenvalue weighted by molar-refractivity contribution is 6.30. The quantitative estimate of drug-likeness (QED) is 0.769. The van der Waals surface area contributed by atoms with Crippen LogP contribution in [0.2, 0.25) is 5.02 Å². The van der Waals surface area contributed by atoms with Crippen molar-refractivity contribution < 1.29 is 4.74 Å². The summed E-state index contributed by atoms with van der Waals surface area (Å²) in [6, 6.07) is 7.92. The van der Waals surface area contributed by atoms with Gasteiger partial charge in [0.15, 0.2) is 0 Å². The predicted molar refractivity (Wildman–Crippen MR) is 78.1 cm³/mol. The topological polar surface area (TPSA) is 21.3 Å². The van der Waals surface area contributed by atoms with Crippen LogP contribution in [-0.4, -0.2) is 19.7 Å². The molecule has 0 aliphatic rings. The molecule has 1 aromatic rings. The Morgan fingerprint density at radius 1 is 1.22 bits per heavy atom. The van der Waals surface area contributed by atoms with Crippen LogP contribution in [0.25, 0.3) is 0 Å². The Hall–Kier alpha value is -0.570. The van der Waals surface area contributed by atoms with E-state index in [-0.39, 0.29) is 6.10 Å². The molecule has 3 heteroatoms. The molecule has 1 aromatic carbocycles. The zero-order valence-corrected chi connectivity index (χ0v) is 12.3. The molecule has 0 amide bonds. The van der Waals surface area contributed by atoms with Crippen molar-refractivity contribution in [2.45, 2.75) is 33.3 Å². The molecule has 0 aliphatic carbocycles. The summed E-state index contributed by atoms with van der Waals surface area (Å²) in [5.41, 5.74) is 1.18. The van der Waals surface area contributed by atoms with Crippen LogP contribution in [0, 0.1) is 5.92 Å². The SMILES string of the molecule is CCNCC(OCCC(C)C)c1ccc(Cl)cc1. The van der Waals surface area contributed by atoms with Gasteiger partial charge in [-0.25, -0.2) is 0 Å². The molecular formula is C15H24ClNO. The van der Waals surface area contributed by atoms with Crippen LogP contribution in [0.1, 0.15) is 38.9 Å². The summed E-state index contributed by atoms with van der Waals surface area (Å²) >= 11 is 5.91. The number of hydrogen-bond donors (Lipinski definition) is 1. The molecule has 0 aromatic heterocycles. The van der Waals surface area contributed by atoms with Gasteiger partial charge in [-0.2, -0.15) is 0 Å². The van der Waals surface area contributed by atoms with Crippen molar-refractivity contribution in [1.82, 2.24) is 5.32 Å². The Labute approximate surface area is 116 Å². The molecule has 0 aliphatic heterocycles. The van der Waals surface area contributed by atoms with Crippen molar-refractivity contribution in [3.05, 3.63) is 34.9 Å². The number of rotatable bonds is 8. The molecule has 0 radical (unpaired) electrons. The van der Waals surface area contributed by atoms with E-state index in [2.05, 4.69) is 26.1 Å². The maximum atomic E-state index is 5.98. The third-order valence-corrected chi connectivity index (χ3v) is 3.09. The number of likely N-dealkylation sites (N-methyl/N-ethyl adjacent to an activating group) is 1. The number of nitrogens with one attached hydrogen (secondary N) is 1. The van der Waals surface area contributed by atoms with Gasteiger partial charge in [0.1, 0.15) is 0 Å². The van der Waals surface area contributed by atoms with Crippen LogP contribution >= 0.6 is 11.6 Å². The van der Waals surface area contributed by atoms with Crippen LogP contribution < -0.4 is 5.32 Å². The van der Waals surface area contributed by atoms with Crippen LogP contribution in [0.5, 0.6) is 0 Å². The van der Waals surface area contributed by atoms with E-state index in [4.69, 9.17) is 16.3 Å². The van der Waals surface area contributed by atoms with E-state index in [9.17, 15) is 0 Å². The number of halogens is 1. The van der Waals surface area contributed by atoms with E-state index in [1.54, 1.807) is 0 Å². The van der Waals surface area contributed by atoms with Crippen molar-refractivity contribution in [2.75, 3.05) is 19.7 Å². The zero-order valence-electron chi connectivity index (χ0n) is 11.6. The van der Waals surface area contributed by atoms with Gasteiger partial charge in [-0.05, 0) is 36.6 Å². The van der Waals surface area contributed by atoms with Gasteiger partial charge < -0.3 is 10.1 Å². The molecule has 0 heterocycles. The highest BCUT2D eigenvalue weighted by Gasteiger charge is 2.11. The summed E-state index contributed by atoms with van der Waals surface area (Å²) in [7, 11) is 0. The lowest BCUT2D eigenvalue weighted by Crippen LogP contribution is -2.23. The lowest BCUT2D eigenvalue weighted by Gasteiger charge is -2.19. The minimum Gasteiger partial charge on any atom is -0.372 e. The van der Waals surface area contributed by atoms with Gasteiger partial charge in [0, 0.05) is 18.2 Å². The average Bonchev–Trinajstić information content (AvgIpc) is 2.34. The van der Waals surface area contributed by atoms with Gasteiger partial charge in [0.05, 0.1) is 6.10 Å². The second-order valence-corrected chi connectivity index (χ2v) is 5.34. The maximum Gasteiger partial charge on any atom is 0.0949 e. The highest BCUT2D eigenvalue weighted by atomic mass is 35.5. The van der Waals surface area contributed by atoms with Crippen molar-refractivity contribution in [1.29, 1.82) is 0 Å². The zero-order chi connectivity index (χ0) is 13.4. The van der Waals surface area contributed by atoms with Crippen molar-refractivity contribution in [3.63, 3.8) is 0 Å². The molecule has 0 bridgehead atoms. The fourth-order valence-corrected chi connectivity index (χ4v) is 1.80. The molecular weight excluding hydrogens is 246 g/mol. The molecule has 0 saturated heterocycles. The molecule has 2 nitrogen and oxygen atoms in total. The minimum absolute atomic E-state index is 0.112. The van der Waals surface area contributed by atoms with Gasteiger partial charge >= 0.3 is 0 Å². The summed E-state index contributed by atoms with van der Waals surface area (Å²) < 4.78 is 5.98. The second kappa shape index (κ2) is 8.52. The second-order valence-electron chi connectivity index (χ2n) is 4.90. The standard InChI is InChI=1S/C15H24ClNO/c1-4-17-11-15(18-10-9-12(2)3)13-5-7-14(16)8-6-13/h5-8,12,15,17H,4,9-11H2,1-3H3. The summed E-state index contributed by atoms with van der Waals surface area (Å²) in [4.78, 5) is 0. The first-order valence-electron chi connectivity index (χ1n) is 6.71. The molecule has 0 spiro atoms. The van der Waals surface area contributed by atoms with Crippen LogP contribution in [0.4, 0.5) is 0 Å². The fourth-order valence-electron chi connectivity index (χ4n) is 1.67. The van der Waals surface area contributed by atoms with E-state index in [0.717, 1.165) is 31.1 Å². The highest BCUT2D eigenvalue weighted by Crippen LogP contribution is 2.20. The summed E-state index contributed by atoms with van der Waals surface area (Å²) in [6.45, 7) is 9.13. The summed E-state index contributed by atoms with van der Waals surface area (Å²) in [5.74, 6) is 0.676. The lowest BCUT2D eigenvalue weighted by molar-refractivity contribution is 0.0461. The van der Waals surface area contributed by atoms with Gasteiger partial charge in [-0.1, -0.05) is 44.5 Å². The normalized spacial score (nSPS) is 12.9. The Balaban J connectivity index is 2.56. The monoisotopic (exact) mass is 269 g/mol. The maximum absolute atomic E-state index is 5.98. The lowest BCUT2D eigenvalue weighted by atomic mass is 10.1. The average molecular weight is 270 g/mol. The van der Waals surface area contributed by atoms with Crippen molar-refractivity contribution in [3.8, 4) is 0 Å². The van der Waals surface area contributed by atoms with E-state index in [1.165, 1.54) is 5.56 Å². The Kier molecular flexibility index (Phi) is 7.33. The third kappa shape index (κ3) is 5.85. The summed E-state index contributed by atoms with van der Waals surface area (Å²) in [6.07, 6.45) is 1.21. The Morgan fingerprint density at radius 3 is 2.44 bits per heavy atom.